The highest BCUT2D eigenvalue weighted by Crippen LogP contribution is 2.50. The molecule has 1 spiro atoms. The number of nitrogens with zero attached hydrogens (tertiary/aromatic N) is 4. The molecule has 5 atom stereocenters. The van der Waals surface area contributed by atoms with E-state index in [2.05, 4.69) is 54.4 Å². The van der Waals surface area contributed by atoms with Gasteiger partial charge in [0.2, 0.25) is 0 Å². The standard InChI is InChI=1S/C25H24BrCl2N5O2/c26-17-8-14-3-1-13(7-18(14)32-23(17)28)2-4-15-9-25(11-29-15)10-19(20(34)21(25)35)33-6-5-16-22(27)30-12-31-24(16)33/h1,3,5-8,12,15,19-21,29,34-35H,2,4,9-11H2/t15-,19-,20+,21+,25+/m1/s1. The largest absolute Gasteiger partial charge is 0.390 e. The van der Waals surface area contributed by atoms with Crippen molar-refractivity contribution < 1.29 is 10.2 Å². The molecule has 1 saturated heterocycles. The Morgan fingerprint density at radius 2 is 1.97 bits per heavy atom. The van der Waals surface area contributed by atoms with E-state index >= 15 is 0 Å². The molecule has 2 aliphatic rings. The van der Waals surface area contributed by atoms with Crippen molar-refractivity contribution >= 4 is 61.1 Å². The number of aliphatic hydroxyl groups is 2. The zero-order chi connectivity index (χ0) is 24.3. The molecule has 0 bridgehead atoms. The number of aryl methyl sites for hydroxylation is 1. The van der Waals surface area contributed by atoms with Crippen LogP contribution in [0.2, 0.25) is 10.3 Å². The summed E-state index contributed by atoms with van der Waals surface area (Å²) in [5, 5.41) is 28.4. The molecule has 2 fully saturated rings. The summed E-state index contributed by atoms with van der Waals surface area (Å²) in [4.78, 5) is 12.9. The normalized spacial score (nSPS) is 28.6. The molecule has 1 aliphatic carbocycles. The van der Waals surface area contributed by atoms with Crippen LogP contribution in [0.5, 0.6) is 0 Å². The predicted octanol–water partition coefficient (Wildman–Crippen LogP) is 4.70. The van der Waals surface area contributed by atoms with Crippen LogP contribution in [0, 0.1) is 5.41 Å². The number of aliphatic hydroxyl groups excluding tert-OH is 2. The van der Waals surface area contributed by atoms with E-state index in [9.17, 15) is 10.2 Å². The summed E-state index contributed by atoms with van der Waals surface area (Å²) < 4.78 is 2.73. The lowest BCUT2D eigenvalue weighted by Gasteiger charge is -2.27. The third kappa shape index (κ3) is 4.04. The molecule has 4 heterocycles. The van der Waals surface area contributed by atoms with E-state index in [-0.39, 0.29) is 17.5 Å². The van der Waals surface area contributed by atoms with Crippen LogP contribution in [-0.2, 0) is 6.42 Å². The molecule has 4 aromatic rings. The van der Waals surface area contributed by atoms with Crippen LogP contribution < -0.4 is 5.32 Å². The average molecular weight is 577 g/mol. The van der Waals surface area contributed by atoms with Crippen LogP contribution in [0.25, 0.3) is 21.9 Å². The van der Waals surface area contributed by atoms with Crippen molar-refractivity contribution in [3.8, 4) is 0 Å². The highest BCUT2D eigenvalue weighted by atomic mass is 79.9. The Hall–Kier alpha value is -1.81. The van der Waals surface area contributed by atoms with Gasteiger partial charge in [-0.1, -0.05) is 35.3 Å². The van der Waals surface area contributed by atoms with E-state index in [0.717, 1.165) is 40.0 Å². The number of pyridine rings is 1. The SMILES string of the molecule is O[C@H]1[C@H](n2ccc3c(Cl)ncnc32)C[C@@]2(CN[C@H](CCc3ccc4cc(Br)c(Cl)nc4c3)C2)[C@H]1O. The molecule has 3 aromatic heterocycles. The van der Waals surface area contributed by atoms with Gasteiger partial charge in [0.25, 0.3) is 0 Å². The third-order valence-electron chi connectivity index (χ3n) is 7.75. The summed E-state index contributed by atoms with van der Waals surface area (Å²) in [6, 6.07) is 10.1. The number of hydrogen-bond acceptors (Lipinski definition) is 6. The van der Waals surface area contributed by atoms with Gasteiger partial charge in [0.1, 0.15) is 28.4 Å². The van der Waals surface area contributed by atoms with Gasteiger partial charge >= 0.3 is 0 Å². The average Bonchev–Trinajstić information content (AvgIpc) is 3.52. The minimum atomic E-state index is -0.879. The van der Waals surface area contributed by atoms with E-state index in [0.29, 0.717) is 28.9 Å². The minimum Gasteiger partial charge on any atom is -0.390 e. The molecule has 3 N–H and O–H groups in total. The van der Waals surface area contributed by atoms with Crippen LogP contribution in [0.3, 0.4) is 0 Å². The van der Waals surface area contributed by atoms with Gasteiger partial charge in [-0.2, -0.15) is 0 Å². The first-order valence-corrected chi connectivity index (χ1v) is 13.2. The molecule has 35 heavy (non-hydrogen) atoms. The minimum absolute atomic E-state index is 0.255. The Labute approximate surface area is 220 Å². The summed E-state index contributed by atoms with van der Waals surface area (Å²) >= 11 is 15.8. The van der Waals surface area contributed by atoms with Crippen molar-refractivity contribution in [2.45, 2.75) is 50.0 Å². The first-order valence-electron chi connectivity index (χ1n) is 11.7. The lowest BCUT2D eigenvalue weighted by atomic mass is 9.80. The van der Waals surface area contributed by atoms with Gasteiger partial charge < -0.3 is 20.1 Å². The topological polar surface area (TPSA) is 96.1 Å². The van der Waals surface area contributed by atoms with Crippen molar-refractivity contribution in [2.24, 2.45) is 5.41 Å². The first kappa shape index (κ1) is 23.6. The molecule has 7 nitrogen and oxygen atoms in total. The van der Waals surface area contributed by atoms with Crippen LogP contribution in [0.1, 0.15) is 30.9 Å². The van der Waals surface area contributed by atoms with Crippen LogP contribution in [0.4, 0.5) is 0 Å². The van der Waals surface area contributed by atoms with E-state index < -0.39 is 12.2 Å². The van der Waals surface area contributed by atoms with Gasteiger partial charge in [-0.15, -0.1) is 0 Å². The predicted molar refractivity (Wildman–Crippen MR) is 140 cm³/mol. The second-order valence-electron chi connectivity index (χ2n) is 9.80. The fourth-order valence-corrected chi connectivity index (χ4v) is 6.60. The summed E-state index contributed by atoms with van der Waals surface area (Å²) in [5.74, 6) is 0. The Kier molecular flexibility index (Phi) is 6.02. The third-order valence-corrected chi connectivity index (χ3v) is 9.17. The summed E-state index contributed by atoms with van der Waals surface area (Å²) in [7, 11) is 0. The van der Waals surface area contributed by atoms with Crippen LogP contribution in [-0.4, -0.2) is 54.5 Å². The fraction of sp³-hybridized carbons (Fsp3) is 0.400. The quantitative estimate of drug-likeness (QED) is 0.241. The van der Waals surface area contributed by atoms with Crippen molar-refractivity contribution in [2.75, 3.05) is 6.54 Å². The van der Waals surface area contributed by atoms with Gasteiger partial charge in [-0.05, 0) is 65.4 Å². The molecule has 182 valence electrons. The highest BCUT2D eigenvalue weighted by molar-refractivity contribution is 9.10. The second kappa shape index (κ2) is 8.94. The lowest BCUT2D eigenvalue weighted by molar-refractivity contribution is -0.0218. The number of fused-ring (bicyclic) bond motifs is 2. The summed E-state index contributed by atoms with van der Waals surface area (Å²) in [6.07, 6.45) is 4.90. The maximum Gasteiger partial charge on any atom is 0.145 e. The number of halogens is 3. The zero-order valence-corrected chi connectivity index (χ0v) is 21.8. The van der Waals surface area contributed by atoms with Gasteiger partial charge in [-0.25, -0.2) is 15.0 Å². The van der Waals surface area contributed by atoms with Crippen molar-refractivity contribution in [1.82, 2.24) is 24.8 Å². The molecule has 0 unspecified atom stereocenters. The Balaban J connectivity index is 1.17. The van der Waals surface area contributed by atoms with Gasteiger partial charge in [0, 0.05) is 29.6 Å². The molecule has 6 rings (SSSR count). The molecular weight excluding hydrogens is 553 g/mol. The Bertz CT molecular complexity index is 1430. The van der Waals surface area contributed by atoms with E-state index in [4.69, 9.17) is 23.2 Å². The van der Waals surface area contributed by atoms with Crippen molar-refractivity contribution in [1.29, 1.82) is 0 Å². The smallest absolute Gasteiger partial charge is 0.145 e. The maximum absolute atomic E-state index is 11.1. The number of benzene rings is 1. The van der Waals surface area contributed by atoms with E-state index in [1.54, 1.807) is 0 Å². The molecule has 1 saturated carbocycles. The van der Waals surface area contributed by atoms with Gasteiger partial charge in [0.05, 0.1) is 27.5 Å². The van der Waals surface area contributed by atoms with E-state index in [1.807, 2.05) is 22.9 Å². The molecule has 10 heteroatoms. The summed E-state index contributed by atoms with van der Waals surface area (Å²) in [5.41, 5.74) is 2.38. The first-order chi connectivity index (χ1) is 16.8. The maximum atomic E-state index is 11.1. The number of aromatic nitrogens is 4. The monoisotopic (exact) mass is 575 g/mol. The molecular formula is C25H24BrCl2N5O2. The molecule has 0 radical (unpaired) electrons. The number of rotatable bonds is 4. The van der Waals surface area contributed by atoms with Gasteiger partial charge in [0.15, 0.2) is 0 Å². The van der Waals surface area contributed by atoms with E-state index in [1.165, 1.54) is 11.9 Å². The number of nitrogens with one attached hydrogen (secondary N) is 1. The van der Waals surface area contributed by atoms with Crippen molar-refractivity contribution in [3.05, 3.63) is 63.2 Å². The molecule has 1 aromatic carbocycles. The molecule has 0 amide bonds. The second-order valence-corrected chi connectivity index (χ2v) is 11.4. The van der Waals surface area contributed by atoms with Gasteiger partial charge in [-0.3, -0.25) is 0 Å². The van der Waals surface area contributed by atoms with Crippen LogP contribution >= 0.6 is 39.1 Å². The Morgan fingerprint density at radius 3 is 2.83 bits per heavy atom. The Morgan fingerprint density at radius 1 is 1.11 bits per heavy atom. The zero-order valence-electron chi connectivity index (χ0n) is 18.7. The number of hydrogen-bond donors (Lipinski definition) is 3. The highest BCUT2D eigenvalue weighted by Gasteiger charge is 2.56. The van der Waals surface area contributed by atoms with Crippen molar-refractivity contribution in [3.63, 3.8) is 0 Å². The molecule has 1 aliphatic heterocycles. The lowest BCUT2D eigenvalue weighted by Crippen LogP contribution is -2.38. The van der Waals surface area contributed by atoms with Crippen LogP contribution in [0.15, 0.2) is 47.3 Å². The fourth-order valence-electron chi connectivity index (χ4n) is 5.93. The summed E-state index contributed by atoms with van der Waals surface area (Å²) in [6.45, 7) is 0.671.